The van der Waals surface area contributed by atoms with Crippen molar-refractivity contribution >= 4 is 21.9 Å². The number of aryl methyl sites for hydroxylation is 3. The van der Waals surface area contributed by atoms with E-state index in [4.69, 9.17) is 0 Å². The molecule has 0 spiro atoms. The van der Waals surface area contributed by atoms with Crippen LogP contribution in [0.15, 0.2) is 21.7 Å². The lowest BCUT2D eigenvalue weighted by atomic mass is 9.95. The summed E-state index contributed by atoms with van der Waals surface area (Å²) in [5.41, 5.74) is -3.51. The SMILES string of the molecule is Cc1cc(C)c2nc3c(c(C(F)(F)C(F)(F)F)c2c1)c(=O)n(C)c(=O)n3C. The molecule has 2 heterocycles. The van der Waals surface area contributed by atoms with Gasteiger partial charge in [0.1, 0.15) is 0 Å². The molecule has 0 fully saturated rings. The van der Waals surface area contributed by atoms with Crippen molar-refractivity contribution in [2.24, 2.45) is 14.1 Å². The molecule has 2 aromatic heterocycles. The second kappa shape index (κ2) is 5.61. The summed E-state index contributed by atoms with van der Waals surface area (Å²) in [7, 11) is 2.16. The summed E-state index contributed by atoms with van der Waals surface area (Å²) in [4.78, 5) is 28.7. The Morgan fingerprint density at radius 1 is 0.963 bits per heavy atom. The summed E-state index contributed by atoms with van der Waals surface area (Å²) in [5.74, 6) is -5.32. The van der Waals surface area contributed by atoms with Crippen LogP contribution < -0.4 is 11.2 Å². The Bertz CT molecular complexity index is 1220. The number of nitrogens with zero attached hydrogens (tertiary/aromatic N) is 3. The minimum atomic E-state index is -5.94. The third kappa shape index (κ3) is 2.54. The van der Waals surface area contributed by atoms with Gasteiger partial charge in [0, 0.05) is 19.5 Å². The normalized spacial score (nSPS) is 12.9. The van der Waals surface area contributed by atoms with E-state index in [1.807, 2.05) is 0 Å². The average Bonchev–Trinajstić information content (AvgIpc) is 2.55. The maximum Gasteiger partial charge on any atom is 0.458 e. The first kappa shape index (κ1) is 19.0. The van der Waals surface area contributed by atoms with Gasteiger partial charge < -0.3 is 0 Å². The summed E-state index contributed by atoms with van der Waals surface area (Å²) in [6.07, 6.45) is -5.94. The number of pyridine rings is 1. The summed E-state index contributed by atoms with van der Waals surface area (Å²) in [6, 6.07) is 2.70. The van der Waals surface area contributed by atoms with Gasteiger partial charge in [-0.1, -0.05) is 11.6 Å². The molecule has 0 radical (unpaired) electrons. The Morgan fingerprint density at radius 2 is 1.56 bits per heavy atom. The van der Waals surface area contributed by atoms with Gasteiger partial charge in [0.15, 0.2) is 5.65 Å². The number of rotatable bonds is 1. The Hall–Kier alpha value is -2.78. The maximum atomic E-state index is 14.5. The van der Waals surface area contributed by atoms with Crippen molar-refractivity contribution in [3.8, 4) is 0 Å². The molecule has 3 rings (SSSR count). The summed E-state index contributed by atoms with van der Waals surface area (Å²) < 4.78 is 70.1. The number of alkyl halides is 5. The van der Waals surface area contributed by atoms with Crippen molar-refractivity contribution in [2.75, 3.05) is 0 Å². The number of fused-ring (bicyclic) bond motifs is 2. The fourth-order valence-electron chi connectivity index (χ4n) is 3.19. The molecule has 0 aliphatic rings. The lowest BCUT2D eigenvalue weighted by Crippen LogP contribution is -2.40. The summed E-state index contributed by atoms with van der Waals surface area (Å²) in [6.45, 7) is 3.04. The van der Waals surface area contributed by atoms with Crippen LogP contribution in [0, 0.1) is 13.8 Å². The second-order valence-corrected chi connectivity index (χ2v) is 6.44. The van der Waals surface area contributed by atoms with Gasteiger partial charge >= 0.3 is 17.8 Å². The molecule has 0 saturated carbocycles. The number of halogens is 5. The fraction of sp³-hybridized carbons (Fsp3) is 0.353. The van der Waals surface area contributed by atoms with Crippen molar-refractivity contribution < 1.29 is 22.0 Å². The van der Waals surface area contributed by atoms with E-state index in [0.29, 0.717) is 15.7 Å². The molecular formula is C17H14F5N3O2. The van der Waals surface area contributed by atoms with E-state index in [2.05, 4.69) is 4.98 Å². The van der Waals surface area contributed by atoms with Gasteiger partial charge in [-0.15, -0.1) is 0 Å². The molecule has 10 heteroatoms. The van der Waals surface area contributed by atoms with E-state index >= 15 is 0 Å². The molecule has 0 saturated heterocycles. The molecule has 1 aromatic carbocycles. The summed E-state index contributed by atoms with van der Waals surface area (Å²) in [5, 5.41) is -1.41. The smallest absolute Gasteiger partial charge is 0.280 e. The Kier molecular flexibility index (Phi) is 3.94. The van der Waals surface area contributed by atoms with Crippen LogP contribution in [-0.2, 0) is 20.0 Å². The number of aromatic nitrogens is 3. The predicted octanol–water partition coefficient (Wildman–Crippen LogP) is 3.06. The fourth-order valence-corrected chi connectivity index (χ4v) is 3.19. The Balaban J connectivity index is 2.80. The monoisotopic (exact) mass is 387 g/mol. The molecular weight excluding hydrogens is 373 g/mol. The van der Waals surface area contributed by atoms with Gasteiger partial charge in [-0.05, 0) is 25.5 Å². The standard InChI is InChI=1S/C17H14F5N3O2/c1-7-5-8(2)12-9(6-7)11(16(18,19)17(20,21)22)10-13(23-12)24(3)15(27)25(4)14(10)26/h5-6H,1-4H3. The molecule has 0 aliphatic carbocycles. The molecule has 144 valence electrons. The molecule has 27 heavy (non-hydrogen) atoms. The van der Waals surface area contributed by atoms with Crippen molar-refractivity contribution in [1.29, 1.82) is 0 Å². The molecule has 5 nitrogen and oxygen atoms in total. The van der Waals surface area contributed by atoms with Crippen LogP contribution in [0.1, 0.15) is 16.7 Å². The zero-order valence-electron chi connectivity index (χ0n) is 14.7. The minimum Gasteiger partial charge on any atom is -0.280 e. The van der Waals surface area contributed by atoms with Crippen LogP contribution in [0.3, 0.4) is 0 Å². The largest absolute Gasteiger partial charge is 0.458 e. The highest BCUT2D eigenvalue weighted by Crippen LogP contribution is 2.48. The topological polar surface area (TPSA) is 56.9 Å². The minimum absolute atomic E-state index is 0.129. The Morgan fingerprint density at radius 3 is 2.11 bits per heavy atom. The Labute approximate surface area is 148 Å². The highest BCUT2D eigenvalue weighted by molar-refractivity contribution is 5.98. The zero-order chi connectivity index (χ0) is 20.5. The number of benzene rings is 1. The van der Waals surface area contributed by atoms with Gasteiger partial charge in [0.25, 0.3) is 5.56 Å². The molecule has 0 bridgehead atoms. The van der Waals surface area contributed by atoms with Gasteiger partial charge in [-0.3, -0.25) is 13.9 Å². The molecule has 3 aromatic rings. The predicted molar refractivity (Wildman–Crippen MR) is 89.2 cm³/mol. The van der Waals surface area contributed by atoms with Crippen LogP contribution in [-0.4, -0.2) is 20.3 Å². The first-order valence-electron chi connectivity index (χ1n) is 7.74. The van der Waals surface area contributed by atoms with Crippen LogP contribution >= 0.6 is 0 Å². The molecule has 0 amide bonds. The van der Waals surface area contributed by atoms with Crippen molar-refractivity contribution in [3.05, 3.63) is 49.7 Å². The van der Waals surface area contributed by atoms with Gasteiger partial charge in [0.05, 0.1) is 16.5 Å². The highest BCUT2D eigenvalue weighted by Gasteiger charge is 2.60. The third-order valence-electron chi connectivity index (χ3n) is 4.49. The number of hydrogen-bond donors (Lipinski definition) is 0. The lowest BCUT2D eigenvalue weighted by Gasteiger charge is -2.24. The first-order chi connectivity index (χ1) is 12.3. The van der Waals surface area contributed by atoms with E-state index in [1.54, 1.807) is 6.07 Å². The van der Waals surface area contributed by atoms with Crippen molar-refractivity contribution in [1.82, 2.24) is 14.1 Å². The van der Waals surface area contributed by atoms with Crippen LogP contribution in [0.5, 0.6) is 0 Å². The van der Waals surface area contributed by atoms with Crippen molar-refractivity contribution in [2.45, 2.75) is 25.9 Å². The van der Waals surface area contributed by atoms with E-state index in [-0.39, 0.29) is 5.52 Å². The van der Waals surface area contributed by atoms with Crippen molar-refractivity contribution in [3.63, 3.8) is 0 Å². The van der Waals surface area contributed by atoms with E-state index < -0.39 is 45.3 Å². The highest BCUT2D eigenvalue weighted by atomic mass is 19.4. The van der Waals surface area contributed by atoms with Gasteiger partial charge in [-0.2, -0.15) is 22.0 Å². The van der Waals surface area contributed by atoms with Crippen LogP contribution in [0.2, 0.25) is 0 Å². The van der Waals surface area contributed by atoms with E-state index in [9.17, 15) is 31.5 Å². The zero-order valence-corrected chi connectivity index (χ0v) is 14.7. The molecule has 0 unspecified atom stereocenters. The van der Waals surface area contributed by atoms with Gasteiger partial charge in [-0.25, -0.2) is 9.78 Å². The average molecular weight is 387 g/mol. The van der Waals surface area contributed by atoms with E-state index in [0.717, 1.165) is 24.7 Å². The number of hydrogen-bond acceptors (Lipinski definition) is 3. The van der Waals surface area contributed by atoms with Crippen LogP contribution in [0.4, 0.5) is 22.0 Å². The lowest BCUT2D eigenvalue weighted by molar-refractivity contribution is -0.288. The molecule has 0 N–H and O–H groups in total. The van der Waals surface area contributed by atoms with Crippen LogP contribution in [0.25, 0.3) is 21.9 Å². The molecule has 0 atom stereocenters. The maximum absolute atomic E-state index is 14.5. The summed E-state index contributed by atoms with van der Waals surface area (Å²) >= 11 is 0. The first-order valence-corrected chi connectivity index (χ1v) is 7.74. The molecule has 0 aliphatic heterocycles. The van der Waals surface area contributed by atoms with Gasteiger partial charge in [0.2, 0.25) is 0 Å². The second-order valence-electron chi connectivity index (χ2n) is 6.44. The quantitative estimate of drug-likeness (QED) is 0.476. The van der Waals surface area contributed by atoms with E-state index in [1.165, 1.54) is 13.8 Å². The third-order valence-corrected chi connectivity index (χ3v) is 4.49.